The third kappa shape index (κ3) is 2.36. The molecule has 0 unspecified atom stereocenters. The van der Waals surface area contributed by atoms with Gasteiger partial charge in [-0.1, -0.05) is 25.5 Å². The van der Waals surface area contributed by atoms with E-state index in [1.165, 1.54) is 0 Å². The van der Waals surface area contributed by atoms with Gasteiger partial charge < -0.3 is 4.74 Å². The summed E-state index contributed by atoms with van der Waals surface area (Å²) in [5, 5.41) is 4.44. The molecule has 0 atom stereocenters. The molecule has 4 heteroatoms. The van der Waals surface area contributed by atoms with Crippen LogP contribution in [-0.4, -0.2) is 16.9 Å². The van der Waals surface area contributed by atoms with Crippen LogP contribution < -0.4 is 4.74 Å². The molecule has 1 aromatic carbocycles. The summed E-state index contributed by atoms with van der Waals surface area (Å²) < 4.78 is 7.31. The van der Waals surface area contributed by atoms with Crippen molar-refractivity contribution in [2.24, 2.45) is 0 Å². The molecule has 18 heavy (non-hydrogen) atoms. The van der Waals surface area contributed by atoms with Crippen LogP contribution in [0.25, 0.3) is 5.69 Å². The second-order valence-corrected chi connectivity index (χ2v) is 4.35. The van der Waals surface area contributed by atoms with Gasteiger partial charge >= 0.3 is 0 Å². The van der Waals surface area contributed by atoms with E-state index >= 15 is 0 Å². The topological polar surface area (TPSA) is 27.1 Å². The number of halogens is 1. The molecule has 3 nitrogen and oxygen atoms in total. The first kappa shape index (κ1) is 13.0. The zero-order chi connectivity index (χ0) is 13.0. The van der Waals surface area contributed by atoms with Gasteiger partial charge in [-0.3, -0.25) is 0 Å². The van der Waals surface area contributed by atoms with Crippen molar-refractivity contribution in [1.29, 1.82) is 0 Å². The molecule has 2 rings (SSSR count). The highest BCUT2D eigenvalue weighted by molar-refractivity contribution is 6.17. The van der Waals surface area contributed by atoms with Crippen molar-refractivity contribution >= 4 is 11.6 Å². The van der Waals surface area contributed by atoms with Crippen LogP contribution in [0.1, 0.15) is 24.6 Å². The molecule has 0 saturated heterocycles. The monoisotopic (exact) mass is 264 g/mol. The Morgan fingerprint density at radius 1 is 1.33 bits per heavy atom. The average Bonchev–Trinajstić information content (AvgIpc) is 2.82. The van der Waals surface area contributed by atoms with Crippen molar-refractivity contribution < 1.29 is 4.74 Å². The maximum absolute atomic E-state index is 5.96. The highest BCUT2D eigenvalue weighted by Crippen LogP contribution is 2.25. The van der Waals surface area contributed by atoms with Crippen LogP contribution in [0, 0.1) is 0 Å². The second-order valence-electron chi connectivity index (χ2n) is 4.08. The highest BCUT2D eigenvalue weighted by atomic mass is 35.5. The van der Waals surface area contributed by atoms with Gasteiger partial charge in [0.05, 0.1) is 19.2 Å². The predicted molar refractivity (Wildman–Crippen MR) is 73.7 cm³/mol. The summed E-state index contributed by atoms with van der Waals surface area (Å²) in [7, 11) is 1.67. The lowest BCUT2D eigenvalue weighted by atomic mass is 10.1. The quantitative estimate of drug-likeness (QED) is 0.772. The minimum atomic E-state index is 0.491. The minimum Gasteiger partial charge on any atom is -0.494 e. The highest BCUT2D eigenvalue weighted by Gasteiger charge is 2.13. The molecule has 0 radical (unpaired) electrons. The number of benzene rings is 1. The molecule has 0 aliphatic heterocycles. The van der Waals surface area contributed by atoms with E-state index in [9.17, 15) is 0 Å². The van der Waals surface area contributed by atoms with Gasteiger partial charge in [-0.05, 0) is 18.6 Å². The van der Waals surface area contributed by atoms with Crippen LogP contribution in [0.4, 0.5) is 0 Å². The van der Waals surface area contributed by atoms with Crippen molar-refractivity contribution in [2.75, 3.05) is 7.11 Å². The number of aromatic nitrogens is 2. The lowest BCUT2D eigenvalue weighted by molar-refractivity contribution is 0.411. The van der Waals surface area contributed by atoms with Crippen LogP contribution in [0.3, 0.4) is 0 Å². The molecule has 1 aromatic heterocycles. The van der Waals surface area contributed by atoms with E-state index in [2.05, 4.69) is 12.0 Å². The van der Waals surface area contributed by atoms with Crippen molar-refractivity contribution in [3.05, 3.63) is 41.7 Å². The van der Waals surface area contributed by atoms with Crippen LogP contribution in [0.2, 0.25) is 0 Å². The Hall–Kier alpha value is -1.48. The fourth-order valence-corrected chi connectivity index (χ4v) is 2.26. The predicted octanol–water partition coefficient (Wildman–Crippen LogP) is 3.57. The van der Waals surface area contributed by atoms with Crippen molar-refractivity contribution in [3.8, 4) is 11.4 Å². The molecule has 0 spiro atoms. The molecule has 0 N–H and O–H groups in total. The molecular formula is C14H17ClN2O. The van der Waals surface area contributed by atoms with Crippen LogP contribution in [0.15, 0.2) is 30.5 Å². The molecular weight excluding hydrogens is 248 g/mol. The maximum atomic E-state index is 5.96. The lowest BCUT2D eigenvalue weighted by Crippen LogP contribution is -2.05. The summed E-state index contributed by atoms with van der Waals surface area (Å²) in [5.41, 5.74) is 3.21. The standard InChI is InChI=1S/C14H17ClN2O/c1-3-6-12-11(9-15)10-16-17(12)13-7-4-5-8-14(13)18-2/h4-5,7-8,10H,3,6,9H2,1-2H3. The molecule has 1 heterocycles. The number of hydrogen-bond acceptors (Lipinski definition) is 2. The Kier molecular flexibility index (Phi) is 4.26. The molecule has 0 aliphatic rings. The number of nitrogens with zero attached hydrogens (tertiary/aromatic N) is 2. The Morgan fingerprint density at radius 3 is 2.78 bits per heavy atom. The van der Waals surface area contributed by atoms with Crippen molar-refractivity contribution in [2.45, 2.75) is 25.6 Å². The van der Waals surface area contributed by atoms with Crippen molar-refractivity contribution in [3.63, 3.8) is 0 Å². The van der Waals surface area contributed by atoms with E-state index in [1.54, 1.807) is 7.11 Å². The van der Waals surface area contributed by atoms with Crippen LogP contribution >= 0.6 is 11.6 Å². The number of alkyl halides is 1. The van der Waals surface area contributed by atoms with Crippen LogP contribution in [-0.2, 0) is 12.3 Å². The fourth-order valence-electron chi connectivity index (χ4n) is 2.03. The summed E-state index contributed by atoms with van der Waals surface area (Å²) in [6.07, 6.45) is 3.86. The number of hydrogen-bond donors (Lipinski definition) is 0. The molecule has 0 saturated carbocycles. The number of methoxy groups -OCH3 is 1. The number of para-hydroxylation sites is 2. The molecule has 0 bridgehead atoms. The molecule has 0 aliphatic carbocycles. The van der Waals surface area contributed by atoms with E-state index in [-0.39, 0.29) is 0 Å². The van der Waals surface area contributed by atoms with Gasteiger partial charge in [0.2, 0.25) is 0 Å². The van der Waals surface area contributed by atoms with Crippen molar-refractivity contribution in [1.82, 2.24) is 9.78 Å². The van der Waals surface area contributed by atoms with E-state index in [0.717, 1.165) is 35.5 Å². The summed E-state index contributed by atoms with van der Waals surface area (Å²) in [6, 6.07) is 7.87. The smallest absolute Gasteiger partial charge is 0.144 e. The zero-order valence-electron chi connectivity index (χ0n) is 10.7. The Morgan fingerprint density at radius 2 is 2.11 bits per heavy atom. The van der Waals surface area contributed by atoms with Gasteiger partial charge in [-0.15, -0.1) is 11.6 Å². The zero-order valence-corrected chi connectivity index (χ0v) is 11.4. The molecule has 0 amide bonds. The molecule has 0 fully saturated rings. The van der Waals surface area contributed by atoms with Gasteiger partial charge in [-0.25, -0.2) is 4.68 Å². The first-order chi connectivity index (χ1) is 8.81. The van der Waals surface area contributed by atoms with E-state index in [0.29, 0.717) is 5.88 Å². The Bertz CT molecular complexity index is 522. The molecule has 2 aromatic rings. The largest absolute Gasteiger partial charge is 0.494 e. The summed E-state index contributed by atoms with van der Waals surface area (Å²) in [6.45, 7) is 2.15. The number of rotatable bonds is 5. The Labute approximate surface area is 112 Å². The van der Waals surface area contributed by atoms with E-state index in [4.69, 9.17) is 16.3 Å². The third-order valence-corrected chi connectivity index (χ3v) is 3.19. The van der Waals surface area contributed by atoms with Gasteiger partial charge in [-0.2, -0.15) is 5.10 Å². The lowest BCUT2D eigenvalue weighted by Gasteiger charge is -2.11. The van der Waals surface area contributed by atoms with Gasteiger partial charge in [0.1, 0.15) is 11.4 Å². The Balaban J connectivity index is 2.52. The van der Waals surface area contributed by atoms with Gasteiger partial charge in [0.25, 0.3) is 0 Å². The summed E-state index contributed by atoms with van der Waals surface area (Å²) in [4.78, 5) is 0. The third-order valence-electron chi connectivity index (χ3n) is 2.90. The summed E-state index contributed by atoms with van der Waals surface area (Å²) in [5.74, 6) is 1.31. The fraction of sp³-hybridized carbons (Fsp3) is 0.357. The first-order valence-electron chi connectivity index (χ1n) is 6.07. The SMILES string of the molecule is CCCc1c(CCl)cnn1-c1ccccc1OC. The van der Waals surface area contributed by atoms with Crippen LogP contribution in [0.5, 0.6) is 5.75 Å². The maximum Gasteiger partial charge on any atom is 0.144 e. The normalized spacial score (nSPS) is 10.6. The first-order valence-corrected chi connectivity index (χ1v) is 6.60. The second kappa shape index (κ2) is 5.91. The molecule has 96 valence electrons. The van der Waals surface area contributed by atoms with Gasteiger partial charge in [0.15, 0.2) is 0 Å². The minimum absolute atomic E-state index is 0.491. The average molecular weight is 265 g/mol. The summed E-state index contributed by atoms with van der Waals surface area (Å²) >= 11 is 5.96. The van der Waals surface area contributed by atoms with E-state index in [1.807, 2.05) is 35.1 Å². The number of ether oxygens (including phenoxy) is 1. The van der Waals surface area contributed by atoms with Gasteiger partial charge in [0, 0.05) is 11.3 Å². The van der Waals surface area contributed by atoms with E-state index < -0.39 is 0 Å².